The predicted molar refractivity (Wildman–Crippen MR) is 77.1 cm³/mol. The Labute approximate surface area is 125 Å². The molecule has 0 aromatic heterocycles. The summed E-state index contributed by atoms with van der Waals surface area (Å²) in [4.78, 5) is 12.0. The maximum Gasteiger partial charge on any atom is 0.258 e. The molecule has 0 atom stereocenters. The topological polar surface area (TPSA) is 62.1 Å². The van der Waals surface area contributed by atoms with Gasteiger partial charge in [-0.3, -0.25) is 4.79 Å². The van der Waals surface area contributed by atoms with Crippen LogP contribution in [0.1, 0.15) is 15.9 Å². The number of methoxy groups -OCH3 is 1. The van der Waals surface area contributed by atoms with Gasteiger partial charge in [0.2, 0.25) is 0 Å². The number of carbonyl (C=O) groups excluding carboxylic acids is 1. The molecule has 0 saturated carbocycles. The van der Waals surface area contributed by atoms with Crippen LogP contribution in [0, 0.1) is 17.1 Å². The lowest BCUT2D eigenvalue weighted by molar-refractivity contribution is 0.102. The second-order valence-electron chi connectivity index (χ2n) is 4.11. The van der Waals surface area contributed by atoms with Gasteiger partial charge in [0.25, 0.3) is 5.91 Å². The fourth-order valence-corrected chi connectivity index (χ4v) is 1.85. The smallest absolute Gasteiger partial charge is 0.258 e. The summed E-state index contributed by atoms with van der Waals surface area (Å²) in [5.41, 5.74) is 0.463. The van der Waals surface area contributed by atoms with E-state index in [-0.39, 0.29) is 16.1 Å². The van der Waals surface area contributed by atoms with Crippen molar-refractivity contribution < 1.29 is 13.9 Å². The van der Waals surface area contributed by atoms with E-state index in [0.29, 0.717) is 11.4 Å². The SMILES string of the molecule is COc1ccc(C(=O)Nc2ccc(Cl)c(C#N)c2)c(F)c1. The van der Waals surface area contributed by atoms with Crippen LogP contribution in [-0.2, 0) is 0 Å². The third-order valence-electron chi connectivity index (χ3n) is 2.77. The molecule has 0 aliphatic rings. The van der Waals surface area contributed by atoms with Crippen molar-refractivity contribution in [1.29, 1.82) is 5.26 Å². The fourth-order valence-electron chi connectivity index (χ4n) is 1.69. The van der Waals surface area contributed by atoms with E-state index < -0.39 is 11.7 Å². The third kappa shape index (κ3) is 3.30. The summed E-state index contributed by atoms with van der Waals surface area (Å²) >= 11 is 5.80. The van der Waals surface area contributed by atoms with E-state index >= 15 is 0 Å². The maximum atomic E-state index is 13.8. The van der Waals surface area contributed by atoms with Crippen LogP contribution in [0.4, 0.5) is 10.1 Å². The van der Waals surface area contributed by atoms with Gasteiger partial charge in [-0.15, -0.1) is 0 Å². The molecule has 1 N–H and O–H groups in total. The van der Waals surface area contributed by atoms with Gasteiger partial charge < -0.3 is 10.1 Å². The predicted octanol–water partition coefficient (Wildman–Crippen LogP) is 3.61. The van der Waals surface area contributed by atoms with Gasteiger partial charge in [0.15, 0.2) is 0 Å². The lowest BCUT2D eigenvalue weighted by Crippen LogP contribution is -2.13. The Morgan fingerprint density at radius 3 is 2.71 bits per heavy atom. The number of halogens is 2. The van der Waals surface area contributed by atoms with Crippen molar-refractivity contribution in [3.05, 3.63) is 58.4 Å². The first-order chi connectivity index (χ1) is 10.0. The van der Waals surface area contributed by atoms with Crippen LogP contribution < -0.4 is 10.1 Å². The third-order valence-corrected chi connectivity index (χ3v) is 3.10. The molecule has 0 aliphatic heterocycles. The number of rotatable bonds is 3. The standard InChI is InChI=1S/C15H10ClFN2O2/c1-21-11-3-4-12(14(17)7-11)15(20)19-10-2-5-13(16)9(6-10)8-18/h2-7H,1H3,(H,19,20). The summed E-state index contributed by atoms with van der Waals surface area (Å²) in [6.45, 7) is 0. The van der Waals surface area contributed by atoms with Crippen molar-refractivity contribution in [2.75, 3.05) is 12.4 Å². The molecule has 0 spiro atoms. The molecular formula is C15H10ClFN2O2. The number of nitriles is 1. The molecule has 6 heteroatoms. The Balaban J connectivity index is 2.24. The van der Waals surface area contributed by atoms with Crippen LogP contribution in [0.25, 0.3) is 0 Å². The molecule has 4 nitrogen and oxygen atoms in total. The maximum absolute atomic E-state index is 13.8. The Morgan fingerprint density at radius 2 is 2.10 bits per heavy atom. The highest BCUT2D eigenvalue weighted by Gasteiger charge is 2.13. The van der Waals surface area contributed by atoms with E-state index in [2.05, 4.69) is 5.32 Å². The molecule has 21 heavy (non-hydrogen) atoms. The molecular weight excluding hydrogens is 295 g/mol. The first-order valence-corrected chi connectivity index (χ1v) is 6.27. The largest absolute Gasteiger partial charge is 0.497 e. The van der Waals surface area contributed by atoms with E-state index in [1.165, 1.54) is 37.4 Å². The van der Waals surface area contributed by atoms with E-state index in [9.17, 15) is 9.18 Å². The van der Waals surface area contributed by atoms with Crippen LogP contribution in [0.5, 0.6) is 5.75 Å². The van der Waals surface area contributed by atoms with Gasteiger partial charge in [-0.25, -0.2) is 4.39 Å². The number of amides is 1. The van der Waals surface area contributed by atoms with E-state index in [1.54, 1.807) is 0 Å². The van der Waals surface area contributed by atoms with Gasteiger partial charge in [0.05, 0.1) is 23.3 Å². The molecule has 0 aliphatic carbocycles. The summed E-state index contributed by atoms with van der Waals surface area (Å²) in [7, 11) is 1.41. The molecule has 106 valence electrons. The first-order valence-electron chi connectivity index (χ1n) is 5.89. The van der Waals surface area contributed by atoms with Crippen LogP contribution in [0.2, 0.25) is 5.02 Å². The summed E-state index contributed by atoms with van der Waals surface area (Å²) < 4.78 is 18.7. The lowest BCUT2D eigenvalue weighted by atomic mass is 10.1. The Morgan fingerprint density at radius 1 is 1.33 bits per heavy atom. The second kappa shape index (κ2) is 6.25. The lowest BCUT2D eigenvalue weighted by Gasteiger charge is -2.08. The monoisotopic (exact) mass is 304 g/mol. The molecule has 0 heterocycles. The average Bonchev–Trinajstić information content (AvgIpc) is 2.48. The molecule has 0 unspecified atom stereocenters. The van der Waals surface area contributed by atoms with Gasteiger partial charge in [0.1, 0.15) is 17.6 Å². The minimum atomic E-state index is -0.693. The Bertz CT molecular complexity index is 741. The van der Waals surface area contributed by atoms with Crippen molar-refractivity contribution in [2.45, 2.75) is 0 Å². The number of hydrogen-bond donors (Lipinski definition) is 1. The van der Waals surface area contributed by atoms with Gasteiger partial charge >= 0.3 is 0 Å². The van der Waals surface area contributed by atoms with Crippen molar-refractivity contribution in [2.24, 2.45) is 0 Å². The van der Waals surface area contributed by atoms with Crippen molar-refractivity contribution in [3.8, 4) is 11.8 Å². The molecule has 0 radical (unpaired) electrons. The molecule has 0 saturated heterocycles. The zero-order valence-corrected chi connectivity index (χ0v) is 11.7. The first kappa shape index (κ1) is 14.8. The number of nitrogens with one attached hydrogen (secondary N) is 1. The molecule has 0 fully saturated rings. The Kier molecular flexibility index (Phi) is 4.41. The summed E-state index contributed by atoms with van der Waals surface area (Å²) in [5, 5.41) is 11.7. The van der Waals surface area contributed by atoms with Crippen molar-refractivity contribution in [1.82, 2.24) is 0 Å². The number of nitrogens with zero attached hydrogens (tertiary/aromatic N) is 1. The van der Waals surface area contributed by atoms with E-state index in [1.807, 2.05) is 6.07 Å². The van der Waals surface area contributed by atoms with Gasteiger partial charge in [-0.2, -0.15) is 5.26 Å². The highest BCUT2D eigenvalue weighted by atomic mass is 35.5. The van der Waals surface area contributed by atoms with Gasteiger partial charge in [-0.1, -0.05) is 11.6 Å². The highest BCUT2D eigenvalue weighted by molar-refractivity contribution is 6.31. The summed E-state index contributed by atoms with van der Waals surface area (Å²) in [6, 6.07) is 10.3. The second-order valence-corrected chi connectivity index (χ2v) is 4.51. The van der Waals surface area contributed by atoms with Crippen LogP contribution in [0.15, 0.2) is 36.4 Å². The zero-order chi connectivity index (χ0) is 15.4. The van der Waals surface area contributed by atoms with Crippen LogP contribution >= 0.6 is 11.6 Å². The summed E-state index contributed by atoms with van der Waals surface area (Å²) in [5.74, 6) is -0.995. The number of anilines is 1. The minimum Gasteiger partial charge on any atom is -0.497 e. The quantitative estimate of drug-likeness (QED) is 0.942. The van der Waals surface area contributed by atoms with Crippen LogP contribution in [0.3, 0.4) is 0 Å². The molecule has 2 rings (SSSR count). The zero-order valence-electron chi connectivity index (χ0n) is 11.0. The number of carbonyl (C=O) groups is 1. The van der Waals surface area contributed by atoms with Gasteiger partial charge in [0, 0.05) is 11.8 Å². The highest BCUT2D eigenvalue weighted by Crippen LogP contribution is 2.21. The number of hydrogen-bond acceptors (Lipinski definition) is 3. The minimum absolute atomic E-state index is 0.121. The molecule has 0 bridgehead atoms. The van der Waals surface area contributed by atoms with Crippen LogP contribution in [-0.4, -0.2) is 13.0 Å². The number of benzene rings is 2. The fraction of sp³-hybridized carbons (Fsp3) is 0.0667. The van der Waals surface area contributed by atoms with E-state index in [0.717, 1.165) is 6.07 Å². The van der Waals surface area contributed by atoms with Crippen molar-refractivity contribution >= 4 is 23.2 Å². The molecule has 1 amide bonds. The molecule has 2 aromatic rings. The normalized spacial score (nSPS) is 9.81. The summed E-state index contributed by atoms with van der Waals surface area (Å²) in [6.07, 6.45) is 0. The van der Waals surface area contributed by atoms with Gasteiger partial charge in [-0.05, 0) is 30.3 Å². The van der Waals surface area contributed by atoms with Crippen molar-refractivity contribution in [3.63, 3.8) is 0 Å². The Hall–Kier alpha value is -2.58. The number of ether oxygens (including phenoxy) is 1. The van der Waals surface area contributed by atoms with E-state index in [4.69, 9.17) is 21.6 Å². The average molecular weight is 305 g/mol. The molecule has 2 aromatic carbocycles.